The first kappa shape index (κ1) is 15.4. The van der Waals surface area contributed by atoms with Crippen molar-refractivity contribution in [1.29, 1.82) is 0 Å². The van der Waals surface area contributed by atoms with Crippen molar-refractivity contribution in [1.82, 2.24) is 4.90 Å². The quantitative estimate of drug-likeness (QED) is 0.942. The molecule has 0 aliphatic heterocycles. The predicted octanol–water partition coefficient (Wildman–Crippen LogP) is 2.51. The van der Waals surface area contributed by atoms with Crippen LogP contribution < -0.4 is 0 Å². The minimum Gasteiger partial charge on any atom is -0.387 e. The van der Waals surface area contributed by atoms with Gasteiger partial charge in [0.05, 0.1) is 6.10 Å². The molecule has 116 valence electrons. The van der Waals surface area contributed by atoms with E-state index in [4.69, 9.17) is 0 Å². The highest BCUT2D eigenvalue weighted by Gasteiger charge is 2.33. The van der Waals surface area contributed by atoms with Crippen molar-refractivity contribution in [2.45, 2.75) is 30.0 Å². The molecule has 0 bridgehead atoms. The topological polar surface area (TPSA) is 40.5 Å². The van der Waals surface area contributed by atoms with Gasteiger partial charge in [-0.15, -0.1) is 0 Å². The first-order valence-corrected chi connectivity index (χ1v) is 9.00. The Hall–Kier alpha value is -1.49. The van der Waals surface area contributed by atoms with E-state index in [-0.39, 0.29) is 6.04 Å². The Morgan fingerprint density at radius 2 is 1.86 bits per heavy atom. The van der Waals surface area contributed by atoms with E-state index in [0.29, 0.717) is 0 Å². The molecule has 3 nitrogen and oxygen atoms in total. The third-order valence-electron chi connectivity index (χ3n) is 4.42. The molecule has 0 unspecified atom stereocenters. The molecule has 0 fully saturated rings. The smallest absolute Gasteiger partial charge is 0.0951 e. The summed E-state index contributed by atoms with van der Waals surface area (Å²) >= 11 is 0. The summed E-state index contributed by atoms with van der Waals surface area (Å²) < 4.78 is 11.4. The van der Waals surface area contributed by atoms with Gasteiger partial charge in [-0.25, -0.2) is 0 Å². The molecule has 22 heavy (non-hydrogen) atoms. The van der Waals surface area contributed by atoms with Crippen molar-refractivity contribution in [3.05, 3.63) is 65.2 Å². The van der Waals surface area contributed by atoms with Gasteiger partial charge in [0, 0.05) is 34.5 Å². The fourth-order valence-corrected chi connectivity index (χ4v) is 3.66. The average Bonchev–Trinajstić information content (AvgIpc) is 2.85. The molecule has 0 radical (unpaired) electrons. The number of likely N-dealkylation sites (N-methyl/N-ethyl adjacent to an activating group) is 1. The van der Waals surface area contributed by atoms with E-state index >= 15 is 0 Å². The SMILES string of the molecule is CN(Cc1ccc([S@](C)=O)cc1)[C@H]1Cc2ccccc2[C@H]1O. The van der Waals surface area contributed by atoms with Crippen LogP contribution in [0.1, 0.15) is 22.8 Å². The standard InChI is InChI=1S/C18H21NO2S/c1-19(12-13-7-9-15(10-8-13)22(2)21)17-11-14-5-3-4-6-16(14)18(17)20/h3-10,17-18,20H,11-12H2,1-2H3/t17-,18+,22-/m0/s1. The highest BCUT2D eigenvalue weighted by molar-refractivity contribution is 7.84. The molecule has 0 aromatic heterocycles. The largest absolute Gasteiger partial charge is 0.387 e. The summed E-state index contributed by atoms with van der Waals surface area (Å²) in [5.41, 5.74) is 3.46. The summed E-state index contributed by atoms with van der Waals surface area (Å²) in [5, 5.41) is 10.5. The zero-order valence-corrected chi connectivity index (χ0v) is 13.7. The summed E-state index contributed by atoms with van der Waals surface area (Å²) in [4.78, 5) is 3.04. The number of hydrogen-bond acceptors (Lipinski definition) is 3. The first-order valence-electron chi connectivity index (χ1n) is 7.44. The number of hydrogen-bond donors (Lipinski definition) is 1. The molecule has 3 rings (SSSR count). The molecule has 0 saturated carbocycles. The van der Waals surface area contributed by atoms with Crippen LogP contribution in [-0.2, 0) is 23.8 Å². The highest BCUT2D eigenvalue weighted by atomic mass is 32.2. The first-order chi connectivity index (χ1) is 10.6. The molecule has 0 amide bonds. The van der Waals surface area contributed by atoms with Crippen LogP contribution in [0, 0.1) is 0 Å². The lowest BCUT2D eigenvalue weighted by molar-refractivity contribution is 0.0721. The Kier molecular flexibility index (Phi) is 4.43. The van der Waals surface area contributed by atoms with E-state index in [1.807, 2.05) is 49.5 Å². The molecule has 0 heterocycles. The van der Waals surface area contributed by atoms with Gasteiger partial charge in [0.15, 0.2) is 0 Å². The molecule has 0 saturated heterocycles. The van der Waals surface area contributed by atoms with Crippen LogP contribution in [0.15, 0.2) is 53.4 Å². The van der Waals surface area contributed by atoms with Crippen LogP contribution in [0.4, 0.5) is 0 Å². The Morgan fingerprint density at radius 3 is 2.50 bits per heavy atom. The monoisotopic (exact) mass is 315 g/mol. The molecule has 0 spiro atoms. The number of aliphatic hydroxyl groups excluding tert-OH is 1. The van der Waals surface area contributed by atoms with Crippen molar-refractivity contribution < 1.29 is 9.32 Å². The van der Waals surface area contributed by atoms with Crippen LogP contribution >= 0.6 is 0 Å². The number of aliphatic hydroxyl groups is 1. The summed E-state index contributed by atoms with van der Waals surface area (Å²) in [6.45, 7) is 0.770. The van der Waals surface area contributed by atoms with E-state index in [1.54, 1.807) is 6.26 Å². The fourth-order valence-electron chi connectivity index (χ4n) is 3.14. The van der Waals surface area contributed by atoms with Gasteiger partial charge in [-0.1, -0.05) is 36.4 Å². The number of fused-ring (bicyclic) bond motifs is 1. The van der Waals surface area contributed by atoms with Gasteiger partial charge in [-0.3, -0.25) is 9.11 Å². The van der Waals surface area contributed by atoms with Gasteiger partial charge in [0.25, 0.3) is 0 Å². The molecule has 2 aromatic rings. The molecular formula is C18H21NO2S. The minimum absolute atomic E-state index is 0.109. The Labute approximate surface area is 134 Å². The second kappa shape index (κ2) is 6.32. The lowest BCUT2D eigenvalue weighted by Gasteiger charge is -2.27. The average molecular weight is 315 g/mol. The number of rotatable bonds is 4. The normalized spacial score (nSPS) is 21.8. The molecule has 1 aliphatic rings. The lowest BCUT2D eigenvalue weighted by atomic mass is 10.1. The number of nitrogens with zero attached hydrogens (tertiary/aromatic N) is 1. The molecule has 1 N–H and O–H groups in total. The molecule has 3 atom stereocenters. The highest BCUT2D eigenvalue weighted by Crippen LogP contribution is 2.34. The predicted molar refractivity (Wildman–Crippen MR) is 89.1 cm³/mol. The third-order valence-corrected chi connectivity index (χ3v) is 5.36. The van der Waals surface area contributed by atoms with Crippen molar-refractivity contribution in [3.8, 4) is 0 Å². The van der Waals surface area contributed by atoms with Gasteiger partial charge >= 0.3 is 0 Å². The van der Waals surface area contributed by atoms with Crippen LogP contribution in [0.3, 0.4) is 0 Å². The maximum atomic E-state index is 11.4. The van der Waals surface area contributed by atoms with Gasteiger partial charge < -0.3 is 5.11 Å². The fraction of sp³-hybridized carbons (Fsp3) is 0.333. The van der Waals surface area contributed by atoms with Crippen molar-refractivity contribution in [2.24, 2.45) is 0 Å². The maximum absolute atomic E-state index is 11.4. The van der Waals surface area contributed by atoms with E-state index in [2.05, 4.69) is 11.0 Å². The Bertz CT molecular complexity index is 684. The van der Waals surface area contributed by atoms with Gasteiger partial charge in [-0.05, 0) is 42.3 Å². The van der Waals surface area contributed by atoms with Gasteiger partial charge in [-0.2, -0.15) is 0 Å². The Morgan fingerprint density at radius 1 is 1.18 bits per heavy atom. The van der Waals surface area contributed by atoms with Crippen LogP contribution in [0.25, 0.3) is 0 Å². The van der Waals surface area contributed by atoms with Crippen LogP contribution in [0.2, 0.25) is 0 Å². The van der Waals surface area contributed by atoms with Gasteiger partial charge in [0.1, 0.15) is 0 Å². The minimum atomic E-state index is -0.938. The van der Waals surface area contributed by atoms with Crippen molar-refractivity contribution in [3.63, 3.8) is 0 Å². The molecule has 2 aromatic carbocycles. The summed E-state index contributed by atoms with van der Waals surface area (Å²) in [7, 11) is 1.11. The maximum Gasteiger partial charge on any atom is 0.0951 e. The second-order valence-electron chi connectivity index (χ2n) is 5.93. The molecular weight excluding hydrogens is 294 g/mol. The van der Waals surface area contributed by atoms with Crippen molar-refractivity contribution >= 4 is 10.8 Å². The van der Waals surface area contributed by atoms with E-state index in [1.165, 1.54) is 11.1 Å². The van der Waals surface area contributed by atoms with E-state index in [9.17, 15) is 9.32 Å². The third kappa shape index (κ3) is 3.00. The summed E-state index contributed by atoms with van der Waals surface area (Å²) in [6, 6.07) is 16.1. The van der Waals surface area contributed by atoms with Crippen LogP contribution in [0.5, 0.6) is 0 Å². The van der Waals surface area contributed by atoms with Crippen LogP contribution in [-0.4, -0.2) is 33.6 Å². The molecule has 4 heteroatoms. The van der Waals surface area contributed by atoms with Gasteiger partial charge in [0.2, 0.25) is 0 Å². The summed E-state index contributed by atoms with van der Waals surface area (Å²) in [5.74, 6) is 0. The lowest BCUT2D eigenvalue weighted by Crippen LogP contribution is -2.34. The number of benzene rings is 2. The molecule has 1 aliphatic carbocycles. The van der Waals surface area contributed by atoms with Crippen molar-refractivity contribution in [2.75, 3.05) is 13.3 Å². The Balaban J connectivity index is 1.70. The second-order valence-corrected chi connectivity index (χ2v) is 7.31. The van der Waals surface area contributed by atoms with E-state index < -0.39 is 16.9 Å². The van der Waals surface area contributed by atoms with E-state index in [0.717, 1.165) is 23.4 Å². The zero-order chi connectivity index (χ0) is 15.7. The zero-order valence-electron chi connectivity index (χ0n) is 12.9. The summed E-state index contributed by atoms with van der Waals surface area (Å²) in [6.07, 6.45) is 2.14.